The lowest BCUT2D eigenvalue weighted by Crippen LogP contribution is -2.02. The second-order valence-electron chi connectivity index (χ2n) is 4.84. The Bertz CT molecular complexity index is 811. The zero-order valence-electron chi connectivity index (χ0n) is 11.5. The fourth-order valence-electron chi connectivity index (χ4n) is 2.23. The summed E-state index contributed by atoms with van der Waals surface area (Å²) in [7, 11) is 0. The lowest BCUT2D eigenvalue weighted by Gasteiger charge is -2.06. The minimum atomic E-state index is -0.0899. The number of thiazole rings is 1. The molecular weight excluding hydrogens is 284 g/mol. The molecule has 0 unspecified atom stereocenters. The van der Waals surface area contributed by atoms with Gasteiger partial charge < -0.3 is 5.11 Å². The fraction of sp³-hybridized carbons (Fsp3) is 0.188. The van der Waals surface area contributed by atoms with Crippen LogP contribution in [0.1, 0.15) is 27.5 Å². The number of carbonyl (C=O) groups is 1. The van der Waals surface area contributed by atoms with Crippen LogP contribution in [-0.2, 0) is 6.42 Å². The van der Waals surface area contributed by atoms with Gasteiger partial charge in [-0.25, -0.2) is 4.98 Å². The lowest BCUT2D eigenvalue weighted by molar-refractivity contribution is 0.0980. The Labute approximate surface area is 126 Å². The third-order valence-electron chi connectivity index (χ3n) is 3.28. The van der Waals surface area contributed by atoms with Gasteiger partial charge in [0.1, 0.15) is 5.52 Å². The number of hydrogen-bond donors (Lipinski definition) is 1. The number of nitrogens with zero attached hydrogens (tertiary/aromatic N) is 2. The molecule has 3 rings (SSSR count). The molecular formula is C16H14N2O2S. The molecule has 0 aliphatic rings. The highest BCUT2D eigenvalue weighted by Crippen LogP contribution is 2.28. The van der Waals surface area contributed by atoms with E-state index in [1.54, 1.807) is 29.7 Å². The van der Waals surface area contributed by atoms with Crippen molar-refractivity contribution in [2.75, 3.05) is 0 Å². The number of aromatic nitrogens is 2. The molecule has 5 heteroatoms. The molecule has 0 saturated heterocycles. The number of pyridine rings is 1. The Balaban J connectivity index is 1.82. The van der Waals surface area contributed by atoms with E-state index < -0.39 is 0 Å². The number of carbonyl (C=O) groups excluding carboxylic acids is 1. The number of aryl methyl sites for hydroxylation is 2. The van der Waals surface area contributed by atoms with Gasteiger partial charge in [-0.1, -0.05) is 12.1 Å². The van der Waals surface area contributed by atoms with Gasteiger partial charge in [-0.3, -0.25) is 9.78 Å². The molecule has 4 nitrogen and oxygen atoms in total. The minimum Gasteiger partial charge on any atom is -0.505 e. The summed E-state index contributed by atoms with van der Waals surface area (Å²) in [5, 5.41) is 14.0. The van der Waals surface area contributed by atoms with Crippen LogP contribution in [0.4, 0.5) is 0 Å². The van der Waals surface area contributed by atoms with E-state index in [0.717, 1.165) is 16.1 Å². The first-order valence-corrected chi connectivity index (χ1v) is 7.54. The van der Waals surface area contributed by atoms with Crippen LogP contribution in [0.2, 0.25) is 0 Å². The molecule has 0 spiro atoms. The van der Waals surface area contributed by atoms with E-state index in [4.69, 9.17) is 0 Å². The predicted octanol–water partition coefficient (Wildman–Crippen LogP) is 3.52. The Morgan fingerprint density at radius 3 is 2.95 bits per heavy atom. The zero-order valence-corrected chi connectivity index (χ0v) is 12.4. The molecule has 1 aromatic carbocycles. The summed E-state index contributed by atoms with van der Waals surface area (Å²) in [6, 6.07) is 7.13. The number of fused-ring (bicyclic) bond motifs is 1. The van der Waals surface area contributed by atoms with Crippen LogP contribution in [0.5, 0.6) is 5.75 Å². The molecule has 106 valence electrons. The van der Waals surface area contributed by atoms with Crippen LogP contribution in [0, 0.1) is 6.92 Å². The van der Waals surface area contributed by atoms with Crippen molar-refractivity contribution in [2.24, 2.45) is 0 Å². The van der Waals surface area contributed by atoms with Crippen LogP contribution >= 0.6 is 11.3 Å². The SMILES string of the molecule is Cc1csc(CCC(=O)c2ccc3cccnc3c2O)n1. The smallest absolute Gasteiger partial charge is 0.167 e. The van der Waals surface area contributed by atoms with Crippen molar-refractivity contribution in [1.82, 2.24) is 9.97 Å². The van der Waals surface area contributed by atoms with Crippen LogP contribution < -0.4 is 0 Å². The second kappa shape index (κ2) is 5.61. The number of phenolic OH excluding ortho intramolecular Hbond substituents is 1. The van der Waals surface area contributed by atoms with Gasteiger partial charge in [0.2, 0.25) is 0 Å². The predicted molar refractivity (Wildman–Crippen MR) is 82.9 cm³/mol. The Hall–Kier alpha value is -2.27. The van der Waals surface area contributed by atoms with Gasteiger partial charge in [-0.2, -0.15) is 0 Å². The van der Waals surface area contributed by atoms with Gasteiger partial charge >= 0.3 is 0 Å². The Morgan fingerprint density at radius 2 is 2.19 bits per heavy atom. The number of ketones is 1. The summed E-state index contributed by atoms with van der Waals surface area (Å²) in [4.78, 5) is 20.8. The van der Waals surface area contributed by atoms with Crippen LogP contribution in [0.3, 0.4) is 0 Å². The number of Topliss-reactive ketones (excluding diaryl/α,β-unsaturated/α-hetero) is 1. The molecule has 0 radical (unpaired) electrons. The lowest BCUT2D eigenvalue weighted by atomic mass is 10.0. The van der Waals surface area contributed by atoms with E-state index in [1.165, 1.54) is 0 Å². The molecule has 0 aliphatic heterocycles. The summed E-state index contributed by atoms with van der Waals surface area (Å²) in [6.45, 7) is 1.93. The van der Waals surface area contributed by atoms with Crippen molar-refractivity contribution < 1.29 is 9.90 Å². The fourth-order valence-corrected chi connectivity index (χ4v) is 3.00. The van der Waals surface area contributed by atoms with E-state index in [-0.39, 0.29) is 11.5 Å². The molecule has 0 amide bonds. The van der Waals surface area contributed by atoms with E-state index >= 15 is 0 Å². The summed E-state index contributed by atoms with van der Waals surface area (Å²) in [5.41, 5.74) is 1.77. The van der Waals surface area contributed by atoms with E-state index in [9.17, 15) is 9.90 Å². The quantitative estimate of drug-likeness (QED) is 0.749. The Kier molecular flexibility index (Phi) is 3.66. The molecule has 0 atom stereocenters. The van der Waals surface area contributed by atoms with Crippen molar-refractivity contribution >= 4 is 28.0 Å². The van der Waals surface area contributed by atoms with E-state index in [0.29, 0.717) is 23.9 Å². The van der Waals surface area contributed by atoms with Crippen LogP contribution in [0.15, 0.2) is 35.8 Å². The Morgan fingerprint density at radius 1 is 1.33 bits per heavy atom. The summed E-state index contributed by atoms with van der Waals surface area (Å²) in [6.07, 6.45) is 2.53. The molecule has 21 heavy (non-hydrogen) atoms. The summed E-state index contributed by atoms with van der Waals surface area (Å²) in [5.74, 6) is -0.124. The van der Waals surface area contributed by atoms with Gasteiger partial charge in [-0.05, 0) is 19.1 Å². The van der Waals surface area contributed by atoms with Gasteiger partial charge in [0, 0.05) is 35.5 Å². The number of hydrogen-bond acceptors (Lipinski definition) is 5. The standard InChI is InChI=1S/C16H14N2O2S/c1-10-9-21-14(18-10)7-6-13(19)12-5-4-11-3-2-8-17-15(11)16(12)20/h2-5,8-9,20H,6-7H2,1H3. The topological polar surface area (TPSA) is 63.1 Å². The van der Waals surface area contributed by atoms with E-state index in [2.05, 4.69) is 9.97 Å². The second-order valence-corrected chi connectivity index (χ2v) is 5.79. The number of aromatic hydroxyl groups is 1. The van der Waals surface area contributed by atoms with Crippen molar-refractivity contribution in [1.29, 1.82) is 0 Å². The first-order valence-electron chi connectivity index (χ1n) is 6.66. The summed E-state index contributed by atoms with van der Waals surface area (Å²) < 4.78 is 0. The largest absolute Gasteiger partial charge is 0.505 e. The number of phenols is 1. The molecule has 0 saturated carbocycles. The average Bonchev–Trinajstić information content (AvgIpc) is 2.91. The number of benzene rings is 1. The van der Waals surface area contributed by atoms with Crippen LogP contribution in [0.25, 0.3) is 10.9 Å². The van der Waals surface area contributed by atoms with E-state index in [1.807, 2.05) is 24.4 Å². The third kappa shape index (κ3) is 2.78. The molecule has 0 bridgehead atoms. The maximum Gasteiger partial charge on any atom is 0.167 e. The van der Waals surface area contributed by atoms with Gasteiger partial charge in [0.05, 0.1) is 10.6 Å². The highest BCUT2D eigenvalue weighted by Gasteiger charge is 2.15. The van der Waals surface area contributed by atoms with Crippen LogP contribution in [-0.4, -0.2) is 20.9 Å². The first kappa shape index (κ1) is 13.7. The zero-order chi connectivity index (χ0) is 14.8. The molecule has 0 fully saturated rings. The molecule has 2 aromatic heterocycles. The van der Waals surface area contributed by atoms with Crippen molar-refractivity contribution in [2.45, 2.75) is 19.8 Å². The highest BCUT2D eigenvalue weighted by molar-refractivity contribution is 7.09. The van der Waals surface area contributed by atoms with Gasteiger partial charge in [-0.15, -0.1) is 11.3 Å². The molecule has 1 N–H and O–H groups in total. The highest BCUT2D eigenvalue weighted by atomic mass is 32.1. The third-order valence-corrected chi connectivity index (χ3v) is 4.31. The maximum atomic E-state index is 12.3. The van der Waals surface area contributed by atoms with Crippen molar-refractivity contribution in [3.05, 3.63) is 52.1 Å². The van der Waals surface area contributed by atoms with Crippen molar-refractivity contribution in [3.63, 3.8) is 0 Å². The van der Waals surface area contributed by atoms with Crippen molar-refractivity contribution in [3.8, 4) is 5.75 Å². The van der Waals surface area contributed by atoms with Gasteiger partial charge in [0.25, 0.3) is 0 Å². The average molecular weight is 298 g/mol. The molecule has 3 aromatic rings. The monoisotopic (exact) mass is 298 g/mol. The molecule has 0 aliphatic carbocycles. The first-order chi connectivity index (χ1) is 10.1. The maximum absolute atomic E-state index is 12.3. The number of rotatable bonds is 4. The normalized spacial score (nSPS) is 10.9. The van der Waals surface area contributed by atoms with Gasteiger partial charge in [0.15, 0.2) is 11.5 Å². The minimum absolute atomic E-state index is 0.0339. The summed E-state index contributed by atoms with van der Waals surface area (Å²) >= 11 is 1.56. The molecule has 2 heterocycles.